The normalized spacial score (nSPS) is 12.1. The van der Waals surface area contributed by atoms with Gasteiger partial charge in [-0.05, 0) is 6.42 Å². The number of ether oxygens (including phenoxy) is 1. The molecule has 15 heavy (non-hydrogen) atoms. The second-order valence-electron chi connectivity index (χ2n) is 3.69. The predicted molar refractivity (Wildman–Crippen MR) is 60.5 cm³/mol. The Morgan fingerprint density at radius 1 is 1.40 bits per heavy atom. The molecule has 3 heteroatoms. The first-order chi connectivity index (χ1) is 7.20. The Morgan fingerprint density at radius 3 is 2.67 bits per heavy atom. The third-order valence-corrected chi connectivity index (χ3v) is 2.23. The van der Waals surface area contributed by atoms with Crippen molar-refractivity contribution in [3.05, 3.63) is 12.7 Å². The largest absolute Gasteiger partial charge is 0.460 e. The zero-order chi connectivity index (χ0) is 11.5. The van der Waals surface area contributed by atoms with Gasteiger partial charge < -0.3 is 9.84 Å². The Bertz CT molecular complexity index is 178. The summed E-state index contributed by atoms with van der Waals surface area (Å²) in [7, 11) is 0. The van der Waals surface area contributed by atoms with Crippen LogP contribution in [0.15, 0.2) is 12.7 Å². The molecule has 1 unspecified atom stereocenters. The van der Waals surface area contributed by atoms with E-state index in [0.717, 1.165) is 18.9 Å². The van der Waals surface area contributed by atoms with Crippen molar-refractivity contribution in [2.75, 3.05) is 6.61 Å². The molecule has 0 spiro atoms. The molecule has 0 saturated heterocycles. The van der Waals surface area contributed by atoms with E-state index in [4.69, 9.17) is 4.74 Å². The highest BCUT2D eigenvalue weighted by Gasteiger charge is 2.05. The second kappa shape index (κ2) is 9.71. The van der Waals surface area contributed by atoms with Crippen molar-refractivity contribution in [2.45, 2.75) is 51.6 Å². The molecular formula is C12H22O3. The SMILES string of the molecule is C=CC(=O)OCC(O)CCCCCCC. The molecule has 88 valence electrons. The molecule has 0 aliphatic rings. The first-order valence-electron chi connectivity index (χ1n) is 5.68. The fraction of sp³-hybridized carbons (Fsp3) is 0.750. The van der Waals surface area contributed by atoms with Crippen molar-refractivity contribution >= 4 is 5.97 Å². The third-order valence-electron chi connectivity index (χ3n) is 2.23. The average molecular weight is 214 g/mol. The second-order valence-corrected chi connectivity index (χ2v) is 3.69. The molecule has 0 amide bonds. The highest BCUT2D eigenvalue weighted by molar-refractivity contribution is 5.81. The Morgan fingerprint density at radius 2 is 2.07 bits per heavy atom. The van der Waals surface area contributed by atoms with Crippen LogP contribution in [-0.4, -0.2) is 23.8 Å². The highest BCUT2D eigenvalue weighted by atomic mass is 16.5. The van der Waals surface area contributed by atoms with Crippen LogP contribution in [0.1, 0.15) is 45.4 Å². The van der Waals surface area contributed by atoms with Gasteiger partial charge in [0.15, 0.2) is 0 Å². The lowest BCUT2D eigenvalue weighted by molar-refractivity contribution is -0.140. The minimum atomic E-state index is -0.532. The molecule has 3 nitrogen and oxygen atoms in total. The molecule has 0 bridgehead atoms. The van der Waals surface area contributed by atoms with Crippen molar-refractivity contribution in [3.8, 4) is 0 Å². The van der Waals surface area contributed by atoms with Crippen LogP contribution in [0.4, 0.5) is 0 Å². The number of hydrogen-bond donors (Lipinski definition) is 1. The number of carbonyl (C=O) groups is 1. The van der Waals surface area contributed by atoms with Gasteiger partial charge in [-0.3, -0.25) is 0 Å². The van der Waals surface area contributed by atoms with Gasteiger partial charge in [0.2, 0.25) is 0 Å². The van der Waals surface area contributed by atoms with Gasteiger partial charge in [0, 0.05) is 6.08 Å². The van der Waals surface area contributed by atoms with Gasteiger partial charge in [-0.25, -0.2) is 4.79 Å². The van der Waals surface area contributed by atoms with Gasteiger partial charge in [0.05, 0.1) is 6.10 Å². The van der Waals surface area contributed by atoms with Gasteiger partial charge in [0.25, 0.3) is 0 Å². The van der Waals surface area contributed by atoms with Crippen molar-refractivity contribution in [2.24, 2.45) is 0 Å². The molecule has 0 aromatic carbocycles. The molecule has 0 aliphatic heterocycles. The molecule has 0 fully saturated rings. The Kier molecular flexibility index (Phi) is 9.18. The van der Waals surface area contributed by atoms with Crippen LogP contribution in [0.5, 0.6) is 0 Å². The molecule has 1 N–H and O–H groups in total. The van der Waals surface area contributed by atoms with Crippen LogP contribution in [0, 0.1) is 0 Å². The van der Waals surface area contributed by atoms with E-state index < -0.39 is 12.1 Å². The van der Waals surface area contributed by atoms with E-state index in [0.29, 0.717) is 6.42 Å². The minimum absolute atomic E-state index is 0.0820. The van der Waals surface area contributed by atoms with Crippen molar-refractivity contribution in [1.82, 2.24) is 0 Å². The summed E-state index contributed by atoms with van der Waals surface area (Å²) in [5, 5.41) is 9.44. The summed E-state index contributed by atoms with van der Waals surface area (Å²) in [4.78, 5) is 10.7. The van der Waals surface area contributed by atoms with E-state index in [2.05, 4.69) is 13.5 Å². The fourth-order valence-corrected chi connectivity index (χ4v) is 1.30. The maximum atomic E-state index is 10.7. The van der Waals surface area contributed by atoms with Crippen molar-refractivity contribution in [1.29, 1.82) is 0 Å². The summed E-state index contributed by atoms with van der Waals surface area (Å²) in [5.74, 6) is -0.472. The lowest BCUT2D eigenvalue weighted by Gasteiger charge is -2.09. The third kappa shape index (κ3) is 9.47. The van der Waals surface area contributed by atoms with Gasteiger partial charge in [-0.2, -0.15) is 0 Å². The van der Waals surface area contributed by atoms with E-state index in [1.54, 1.807) is 0 Å². The zero-order valence-electron chi connectivity index (χ0n) is 9.58. The quantitative estimate of drug-likeness (QED) is 0.364. The average Bonchev–Trinajstić information content (AvgIpc) is 2.25. The lowest BCUT2D eigenvalue weighted by atomic mass is 10.1. The number of carbonyl (C=O) groups excluding carboxylic acids is 1. The van der Waals surface area contributed by atoms with Gasteiger partial charge in [-0.15, -0.1) is 0 Å². The summed E-state index contributed by atoms with van der Waals surface area (Å²) in [6, 6.07) is 0. The molecule has 0 aromatic rings. The molecule has 1 atom stereocenters. The van der Waals surface area contributed by atoms with Crippen LogP contribution in [-0.2, 0) is 9.53 Å². The molecule has 0 saturated carbocycles. The molecule has 0 aliphatic carbocycles. The highest BCUT2D eigenvalue weighted by Crippen LogP contribution is 2.07. The van der Waals surface area contributed by atoms with Crippen LogP contribution < -0.4 is 0 Å². The van der Waals surface area contributed by atoms with Crippen LogP contribution in [0.2, 0.25) is 0 Å². The Labute approximate surface area is 92.1 Å². The summed E-state index contributed by atoms with van der Waals surface area (Å²) in [5.41, 5.74) is 0. The molecule has 0 aromatic heterocycles. The number of aliphatic hydroxyl groups excluding tert-OH is 1. The lowest BCUT2D eigenvalue weighted by Crippen LogP contribution is -2.17. The number of unbranched alkanes of at least 4 members (excludes halogenated alkanes) is 4. The standard InChI is InChI=1S/C12H22O3/c1-3-5-6-7-8-9-11(13)10-15-12(14)4-2/h4,11,13H,2-3,5-10H2,1H3. The van der Waals surface area contributed by atoms with Gasteiger partial charge in [0.1, 0.15) is 6.61 Å². The predicted octanol–water partition coefficient (Wildman–Crippen LogP) is 2.44. The van der Waals surface area contributed by atoms with Crippen molar-refractivity contribution in [3.63, 3.8) is 0 Å². The summed E-state index contributed by atoms with van der Waals surface area (Å²) in [6.07, 6.45) is 7.10. The maximum absolute atomic E-state index is 10.7. The number of rotatable bonds is 9. The molecule has 0 radical (unpaired) electrons. The minimum Gasteiger partial charge on any atom is -0.460 e. The smallest absolute Gasteiger partial charge is 0.330 e. The first kappa shape index (κ1) is 14.2. The van der Waals surface area contributed by atoms with E-state index in [-0.39, 0.29) is 6.61 Å². The van der Waals surface area contributed by atoms with Gasteiger partial charge >= 0.3 is 5.97 Å². The van der Waals surface area contributed by atoms with Crippen molar-refractivity contribution < 1.29 is 14.6 Å². The number of esters is 1. The Hall–Kier alpha value is -0.830. The maximum Gasteiger partial charge on any atom is 0.330 e. The monoisotopic (exact) mass is 214 g/mol. The molecular weight excluding hydrogens is 192 g/mol. The first-order valence-corrected chi connectivity index (χ1v) is 5.68. The molecule has 0 heterocycles. The number of aliphatic hydroxyl groups is 1. The van der Waals surface area contributed by atoms with Crippen LogP contribution in [0.3, 0.4) is 0 Å². The van der Waals surface area contributed by atoms with E-state index in [9.17, 15) is 9.90 Å². The Balaban J connectivity index is 3.29. The van der Waals surface area contributed by atoms with Crippen LogP contribution >= 0.6 is 0 Å². The summed E-state index contributed by atoms with van der Waals surface area (Å²) >= 11 is 0. The number of hydrogen-bond acceptors (Lipinski definition) is 3. The van der Waals surface area contributed by atoms with Crippen LogP contribution in [0.25, 0.3) is 0 Å². The zero-order valence-corrected chi connectivity index (χ0v) is 9.58. The van der Waals surface area contributed by atoms with Gasteiger partial charge in [-0.1, -0.05) is 45.6 Å². The fourth-order valence-electron chi connectivity index (χ4n) is 1.30. The topological polar surface area (TPSA) is 46.5 Å². The van der Waals surface area contributed by atoms with E-state index in [1.165, 1.54) is 19.3 Å². The van der Waals surface area contributed by atoms with E-state index >= 15 is 0 Å². The summed E-state index contributed by atoms with van der Waals surface area (Å²) in [6.45, 7) is 5.53. The van der Waals surface area contributed by atoms with E-state index in [1.807, 2.05) is 0 Å². The molecule has 0 rings (SSSR count). The summed E-state index contributed by atoms with van der Waals surface area (Å²) < 4.78 is 4.72.